The number of rotatable bonds is 6. The zero-order valence-corrected chi connectivity index (χ0v) is 17.5. The van der Waals surface area contributed by atoms with Crippen LogP contribution in [-0.2, 0) is 21.2 Å². The molecular formula is C21H24N2O5S. The van der Waals surface area contributed by atoms with E-state index in [1.165, 1.54) is 4.31 Å². The van der Waals surface area contributed by atoms with Crippen molar-refractivity contribution >= 4 is 33.3 Å². The number of hydrogen-bond donors (Lipinski definition) is 1. The van der Waals surface area contributed by atoms with Crippen molar-refractivity contribution in [1.82, 2.24) is 0 Å². The van der Waals surface area contributed by atoms with Gasteiger partial charge < -0.3 is 10.1 Å². The van der Waals surface area contributed by atoms with Crippen LogP contribution < -0.4 is 9.62 Å². The second kappa shape index (κ2) is 8.24. The molecule has 0 aromatic heterocycles. The molecule has 0 fully saturated rings. The van der Waals surface area contributed by atoms with Crippen molar-refractivity contribution in [3.63, 3.8) is 0 Å². The van der Waals surface area contributed by atoms with Crippen LogP contribution in [0.3, 0.4) is 0 Å². The molecule has 29 heavy (non-hydrogen) atoms. The maximum absolute atomic E-state index is 12.6. The average Bonchev–Trinajstić information content (AvgIpc) is 3.04. The summed E-state index contributed by atoms with van der Waals surface area (Å²) in [6, 6.07) is 11.3. The van der Waals surface area contributed by atoms with Gasteiger partial charge in [0.2, 0.25) is 10.0 Å². The highest BCUT2D eigenvalue weighted by Crippen LogP contribution is 2.35. The van der Waals surface area contributed by atoms with Gasteiger partial charge in [0.25, 0.3) is 5.91 Å². The van der Waals surface area contributed by atoms with Gasteiger partial charge in [0.15, 0.2) is 0 Å². The maximum atomic E-state index is 12.6. The largest absolute Gasteiger partial charge is 0.462 e. The lowest BCUT2D eigenvalue weighted by Gasteiger charge is -2.23. The van der Waals surface area contributed by atoms with Crippen molar-refractivity contribution in [2.24, 2.45) is 0 Å². The normalized spacial score (nSPS) is 15.7. The molecule has 0 aliphatic carbocycles. The first-order valence-electron chi connectivity index (χ1n) is 9.50. The zero-order chi connectivity index (χ0) is 21.2. The summed E-state index contributed by atoms with van der Waals surface area (Å²) in [6.07, 6.45) is 0.559. The lowest BCUT2D eigenvalue weighted by atomic mass is 10.1. The minimum absolute atomic E-state index is 0.0286. The summed E-state index contributed by atoms with van der Waals surface area (Å²) in [7, 11) is -3.36. The smallest absolute Gasteiger partial charge is 0.338 e. The van der Waals surface area contributed by atoms with Crippen molar-refractivity contribution in [1.29, 1.82) is 0 Å². The molecule has 0 spiro atoms. The predicted molar refractivity (Wildman–Crippen MR) is 112 cm³/mol. The Morgan fingerprint density at radius 1 is 1.10 bits per heavy atom. The summed E-state index contributed by atoms with van der Waals surface area (Å²) in [5.41, 5.74) is 2.87. The van der Waals surface area contributed by atoms with Crippen LogP contribution >= 0.6 is 0 Å². The van der Waals surface area contributed by atoms with E-state index in [2.05, 4.69) is 5.32 Å². The van der Waals surface area contributed by atoms with Gasteiger partial charge in [0.05, 0.1) is 23.6 Å². The number of sulfonamides is 1. The molecule has 1 atom stereocenters. The second-order valence-electron chi connectivity index (χ2n) is 6.84. The Labute approximate surface area is 170 Å². The molecule has 8 heteroatoms. The van der Waals surface area contributed by atoms with Crippen LogP contribution in [0.4, 0.5) is 11.4 Å². The number of amides is 1. The van der Waals surface area contributed by atoms with E-state index in [1.54, 1.807) is 56.3 Å². The van der Waals surface area contributed by atoms with Crippen LogP contribution in [0.5, 0.6) is 0 Å². The van der Waals surface area contributed by atoms with Gasteiger partial charge in [0, 0.05) is 17.3 Å². The predicted octanol–water partition coefficient (Wildman–Crippen LogP) is 3.22. The van der Waals surface area contributed by atoms with Gasteiger partial charge in [-0.3, -0.25) is 9.10 Å². The van der Waals surface area contributed by atoms with E-state index in [9.17, 15) is 18.0 Å². The first kappa shape index (κ1) is 20.9. The molecule has 1 amide bonds. The molecule has 0 saturated carbocycles. The first-order chi connectivity index (χ1) is 13.8. The summed E-state index contributed by atoms with van der Waals surface area (Å²) in [6.45, 7) is 5.51. The number of nitrogens with zero attached hydrogens (tertiary/aromatic N) is 1. The van der Waals surface area contributed by atoms with E-state index in [0.29, 0.717) is 35.5 Å². The molecule has 1 heterocycles. The summed E-state index contributed by atoms with van der Waals surface area (Å²) >= 11 is 0. The van der Waals surface area contributed by atoms with Gasteiger partial charge in [-0.2, -0.15) is 0 Å². The van der Waals surface area contributed by atoms with Crippen molar-refractivity contribution in [2.45, 2.75) is 33.2 Å². The van der Waals surface area contributed by atoms with Gasteiger partial charge >= 0.3 is 5.97 Å². The lowest BCUT2D eigenvalue weighted by Crippen LogP contribution is -2.36. The molecule has 1 aliphatic heterocycles. The van der Waals surface area contributed by atoms with Crippen molar-refractivity contribution in [2.75, 3.05) is 22.0 Å². The summed E-state index contributed by atoms with van der Waals surface area (Å²) < 4.78 is 31.1. The Kier molecular flexibility index (Phi) is 5.93. The van der Waals surface area contributed by atoms with Crippen molar-refractivity contribution < 1.29 is 22.7 Å². The number of nitrogens with one attached hydrogen (secondary N) is 1. The highest BCUT2D eigenvalue weighted by molar-refractivity contribution is 7.92. The molecule has 2 aromatic carbocycles. The number of ether oxygens (including phenoxy) is 1. The van der Waals surface area contributed by atoms with E-state index >= 15 is 0 Å². The Morgan fingerprint density at radius 3 is 2.38 bits per heavy atom. The third-order valence-corrected chi connectivity index (χ3v) is 6.70. The van der Waals surface area contributed by atoms with Gasteiger partial charge in [0.1, 0.15) is 0 Å². The maximum Gasteiger partial charge on any atom is 0.338 e. The van der Waals surface area contributed by atoms with Crippen LogP contribution in [-0.4, -0.2) is 38.7 Å². The number of esters is 1. The van der Waals surface area contributed by atoms with Crippen LogP contribution in [0, 0.1) is 0 Å². The van der Waals surface area contributed by atoms with Gasteiger partial charge in [-0.05, 0) is 75.2 Å². The highest BCUT2D eigenvalue weighted by Gasteiger charge is 2.34. The number of anilines is 2. The minimum atomic E-state index is -3.36. The quantitative estimate of drug-likeness (QED) is 0.730. The molecule has 3 rings (SSSR count). The molecule has 1 N–H and O–H groups in total. The topological polar surface area (TPSA) is 92.8 Å². The average molecular weight is 416 g/mol. The monoisotopic (exact) mass is 416 g/mol. The zero-order valence-electron chi connectivity index (χ0n) is 16.6. The van der Waals surface area contributed by atoms with Crippen LogP contribution in [0.2, 0.25) is 0 Å². The molecule has 0 bridgehead atoms. The molecule has 0 unspecified atom stereocenters. The molecule has 2 aromatic rings. The van der Waals surface area contributed by atoms with Crippen LogP contribution in [0.25, 0.3) is 0 Å². The molecule has 0 saturated heterocycles. The van der Waals surface area contributed by atoms with Gasteiger partial charge in [-0.15, -0.1) is 0 Å². The third-order valence-electron chi connectivity index (χ3n) is 4.81. The second-order valence-corrected chi connectivity index (χ2v) is 8.98. The summed E-state index contributed by atoms with van der Waals surface area (Å²) in [5.74, 6) is -0.688. The van der Waals surface area contributed by atoms with E-state index in [-0.39, 0.29) is 17.7 Å². The van der Waals surface area contributed by atoms with Crippen molar-refractivity contribution in [3.05, 3.63) is 59.2 Å². The molecular weight excluding hydrogens is 392 g/mol. The molecule has 7 nitrogen and oxygen atoms in total. The van der Waals surface area contributed by atoms with Gasteiger partial charge in [-0.25, -0.2) is 13.2 Å². The SMILES string of the molecule is CCOC(=O)c1ccc(NC(=O)c2ccc3c(c2)C[C@H](C)N3S(=O)(=O)CC)cc1. The van der Waals surface area contributed by atoms with Crippen LogP contribution in [0.15, 0.2) is 42.5 Å². The molecule has 1 aliphatic rings. The first-order valence-corrected chi connectivity index (χ1v) is 11.1. The Bertz CT molecular complexity index is 1030. The fraction of sp³-hybridized carbons (Fsp3) is 0.333. The number of carbonyl (C=O) groups is 2. The number of benzene rings is 2. The van der Waals surface area contributed by atoms with E-state index in [1.807, 2.05) is 6.92 Å². The summed E-state index contributed by atoms with van der Waals surface area (Å²) in [4.78, 5) is 24.3. The number of carbonyl (C=O) groups excluding carboxylic acids is 2. The Balaban J connectivity index is 1.77. The van der Waals surface area contributed by atoms with Crippen LogP contribution in [0.1, 0.15) is 47.1 Å². The minimum Gasteiger partial charge on any atom is -0.462 e. The molecule has 0 radical (unpaired) electrons. The van der Waals surface area contributed by atoms with E-state index < -0.39 is 16.0 Å². The highest BCUT2D eigenvalue weighted by atomic mass is 32.2. The molecule has 154 valence electrons. The van der Waals surface area contributed by atoms with E-state index in [0.717, 1.165) is 5.56 Å². The Hall–Kier alpha value is -2.87. The van der Waals surface area contributed by atoms with Crippen molar-refractivity contribution in [3.8, 4) is 0 Å². The summed E-state index contributed by atoms with van der Waals surface area (Å²) in [5, 5.41) is 2.79. The number of hydrogen-bond acceptors (Lipinski definition) is 5. The number of fused-ring (bicyclic) bond motifs is 1. The van der Waals surface area contributed by atoms with Gasteiger partial charge in [-0.1, -0.05) is 0 Å². The standard InChI is InChI=1S/C21H24N2O5S/c1-4-28-21(25)15-6-9-18(10-7-15)22-20(24)16-8-11-19-17(13-16)12-14(3)23(19)29(26,27)5-2/h6-11,13-14H,4-5,12H2,1-3H3,(H,22,24)/t14-/m0/s1. The lowest BCUT2D eigenvalue weighted by molar-refractivity contribution is 0.0526. The third kappa shape index (κ3) is 4.27. The fourth-order valence-corrected chi connectivity index (χ4v) is 4.79. The Morgan fingerprint density at radius 2 is 1.76 bits per heavy atom. The van der Waals surface area contributed by atoms with E-state index in [4.69, 9.17) is 4.74 Å². The fourth-order valence-electron chi connectivity index (χ4n) is 3.41.